The summed E-state index contributed by atoms with van der Waals surface area (Å²) < 4.78 is 0. The highest BCUT2D eigenvalue weighted by Gasteiger charge is 2.32. The van der Waals surface area contributed by atoms with E-state index in [0.717, 1.165) is 19.0 Å². The van der Waals surface area contributed by atoms with Crippen LogP contribution in [0.15, 0.2) is 30.3 Å². The second-order valence-electron chi connectivity index (χ2n) is 7.09. The van der Waals surface area contributed by atoms with Crippen LogP contribution < -0.4 is 5.32 Å². The molecule has 4 heteroatoms. The summed E-state index contributed by atoms with van der Waals surface area (Å²) in [6.45, 7) is 4.35. The average molecular weight is 316 g/mol. The van der Waals surface area contributed by atoms with Gasteiger partial charge in [0.05, 0.1) is 0 Å². The third-order valence-electron chi connectivity index (χ3n) is 5.52. The number of aliphatic hydroxyl groups is 1. The quantitative estimate of drug-likeness (QED) is 0.877. The van der Waals surface area contributed by atoms with Crippen molar-refractivity contribution in [3.05, 3.63) is 35.9 Å². The van der Waals surface area contributed by atoms with Crippen LogP contribution in [0.25, 0.3) is 0 Å². The Labute approximate surface area is 138 Å². The van der Waals surface area contributed by atoms with Gasteiger partial charge in [0.1, 0.15) is 0 Å². The number of hydrogen-bond donors (Lipinski definition) is 2. The molecule has 2 aliphatic rings. The van der Waals surface area contributed by atoms with E-state index in [0.29, 0.717) is 11.5 Å². The molecule has 23 heavy (non-hydrogen) atoms. The Bertz CT molecular complexity index is 515. The molecule has 1 aromatic rings. The van der Waals surface area contributed by atoms with E-state index in [-0.39, 0.29) is 11.9 Å². The van der Waals surface area contributed by atoms with Gasteiger partial charge in [0, 0.05) is 18.6 Å². The standard InChI is InChI=1S/C19H28N2O2/c1-14(16-9-6-12-21(13-16)17-10-5-11-17)20-19(23)18(22)15-7-3-2-4-8-15/h2-4,7-8,14,16-18,22H,5-6,9-13H2,1H3,(H,20,23). The Morgan fingerprint density at radius 2 is 1.96 bits per heavy atom. The van der Waals surface area contributed by atoms with Crippen LogP contribution in [0.5, 0.6) is 0 Å². The number of rotatable bonds is 5. The minimum atomic E-state index is -1.08. The summed E-state index contributed by atoms with van der Waals surface area (Å²) in [5.41, 5.74) is 0.650. The summed E-state index contributed by atoms with van der Waals surface area (Å²) in [5.74, 6) is 0.195. The van der Waals surface area contributed by atoms with Crippen LogP contribution in [-0.4, -0.2) is 41.1 Å². The van der Waals surface area contributed by atoms with Crippen LogP contribution >= 0.6 is 0 Å². The molecule has 1 aliphatic heterocycles. The number of hydrogen-bond acceptors (Lipinski definition) is 3. The lowest BCUT2D eigenvalue weighted by Gasteiger charge is -2.44. The number of aliphatic hydroxyl groups excluding tert-OH is 1. The summed E-state index contributed by atoms with van der Waals surface area (Å²) in [4.78, 5) is 14.9. The molecular formula is C19H28N2O2. The molecule has 126 valence electrons. The summed E-state index contributed by atoms with van der Waals surface area (Å²) in [6, 6.07) is 10.0. The van der Waals surface area contributed by atoms with Gasteiger partial charge in [-0.15, -0.1) is 0 Å². The van der Waals surface area contributed by atoms with E-state index < -0.39 is 6.10 Å². The zero-order valence-electron chi connectivity index (χ0n) is 13.9. The average Bonchev–Trinajstić information content (AvgIpc) is 2.53. The SMILES string of the molecule is CC(NC(=O)C(O)c1ccccc1)C1CCCN(C2CCC2)C1. The van der Waals surface area contributed by atoms with Gasteiger partial charge in [-0.1, -0.05) is 36.8 Å². The Morgan fingerprint density at radius 1 is 1.22 bits per heavy atom. The lowest BCUT2D eigenvalue weighted by atomic mass is 9.85. The molecule has 1 saturated heterocycles. The van der Waals surface area contributed by atoms with Crippen LogP contribution in [0.2, 0.25) is 0 Å². The molecule has 3 atom stereocenters. The van der Waals surface area contributed by atoms with E-state index in [9.17, 15) is 9.90 Å². The van der Waals surface area contributed by atoms with Crippen LogP contribution in [0.3, 0.4) is 0 Å². The van der Waals surface area contributed by atoms with Crippen molar-refractivity contribution in [3.8, 4) is 0 Å². The highest BCUT2D eigenvalue weighted by molar-refractivity contribution is 5.82. The fourth-order valence-corrected chi connectivity index (χ4v) is 3.74. The van der Waals surface area contributed by atoms with E-state index in [1.807, 2.05) is 18.2 Å². The molecule has 1 aliphatic carbocycles. The largest absolute Gasteiger partial charge is 0.378 e. The topological polar surface area (TPSA) is 52.6 Å². The fourth-order valence-electron chi connectivity index (χ4n) is 3.74. The maximum atomic E-state index is 12.3. The van der Waals surface area contributed by atoms with Gasteiger partial charge in [0.15, 0.2) is 6.10 Å². The second kappa shape index (κ2) is 7.45. The lowest BCUT2D eigenvalue weighted by Crippen LogP contribution is -2.51. The van der Waals surface area contributed by atoms with Crippen molar-refractivity contribution in [1.82, 2.24) is 10.2 Å². The van der Waals surface area contributed by atoms with Gasteiger partial charge in [-0.2, -0.15) is 0 Å². The van der Waals surface area contributed by atoms with Crippen LogP contribution in [0, 0.1) is 5.92 Å². The minimum Gasteiger partial charge on any atom is -0.378 e. The molecule has 1 amide bonds. The van der Waals surface area contributed by atoms with E-state index in [1.165, 1.54) is 32.2 Å². The Morgan fingerprint density at radius 3 is 2.61 bits per heavy atom. The van der Waals surface area contributed by atoms with Crippen LogP contribution in [0.4, 0.5) is 0 Å². The molecule has 0 radical (unpaired) electrons. The van der Waals surface area contributed by atoms with Gasteiger partial charge < -0.3 is 15.3 Å². The van der Waals surface area contributed by atoms with E-state index in [2.05, 4.69) is 17.1 Å². The maximum Gasteiger partial charge on any atom is 0.253 e. The smallest absolute Gasteiger partial charge is 0.253 e. The number of nitrogens with one attached hydrogen (secondary N) is 1. The van der Waals surface area contributed by atoms with Gasteiger partial charge in [0.25, 0.3) is 5.91 Å². The van der Waals surface area contributed by atoms with Crippen molar-refractivity contribution in [2.75, 3.05) is 13.1 Å². The van der Waals surface area contributed by atoms with Crippen molar-refractivity contribution < 1.29 is 9.90 Å². The third kappa shape index (κ3) is 3.93. The highest BCUT2D eigenvalue weighted by Crippen LogP contribution is 2.30. The first-order valence-electron chi connectivity index (χ1n) is 8.92. The molecule has 1 saturated carbocycles. The molecule has 2 N–H and O–H groups in total. The molecule has 4 nitrogen and oxygen atoms in total. The number of nitrogens with zero attached hydrogens (tertiary/aromatic N) is 1. The van der Waals surface area contributed by atoms with Crippen molar-refractivity contribution in [2.45, 2.75) is 57.2 Å². The van der Waals surface area contributed by atoms with Gasteiger partial charge >= 0.3 is 0 Å². The molecule has 1 heterocycles. The maximum absolute atomic E-state index is 12.3. The number of likely N-dealkylation sites (tertiary alicyclic amines) is 1. The van der Waals surface area contributed by atoms with Gasteiger partial charge in [0.2, 0.25) is 0 Å². The van der Waals surface area contributed by atoms with Gasteiger partial charge in [-0.25, -0.2) is 0 Å². The summed E-state index contributed by atoms with van der Waals surface area (Å²) >= 11 is 0. The van der Waals surface area contributed by atoms with E-state index in [1.54, 1.807) is 12.1 Å². The van der Waals surface area contributed by atoms with Gasteiger partial charge in [-0.3, -0.25) is 4.79 Å². The van der Waals surface area contributed by atoms with Crippen molar-refractivity contribution >= 4 is 5.91 Å². The molecule has 3 unspecified atom stereocenters. The second-order valence-corrected chi connectivity index (χ2v) is 7.09. The first kappa shape index (κ1) is 16.5. The van der Waals surface area contributed by atoms with Crippen molar-refractivity contribution in [2.24, 2.45) is 5.92 Å². The predicted octanol–water partition coefficient (Wildman–Crippen LogP) is 2.49. The normalized spacial score (nSPS) is 25.4. The summed E-state index contributed by atoms with van der Waals surface area (Å²) in [6.07, 6.45) is 5.32. The van der Waals surface area contributed by atoms with Gasteiger partial charge in [-0.05, 0) is 50.6 Å². The fraction of sp³-hybridized carbons (Fsp3) is 0.632. The number of carbonyl (C=O) groups excluding carboxylic acids is 1. The van der Waals surface area contributed by atoms with E-state index >= 15 is 0 Å². The number of amides is 1. The monoisotopic (exact) mass is 316 g/mol. The number of carbonyl (C=O) groups is 1. The van der Waals surface area contributed by atoms with Crippen LogP contribution in [-0.2, 0) is 4.79 Å². The molecule has 0 spiro atoms. The predicted molar refractivity (Wildman–Crippen MR) is 90.9 cm³/mol. The first-order valence-corrected chi connectivity index (χ1v) is 8.92. The molecular weight excluding hydrogens is 288 g/mol. The number of benzene rings is 1. The molecule has 3 rings (SSSR count). The van der Waals surface area contributed by atoms with Crippen molar-refractivity contribution in [1.29, 1.82) is 0 Å². The zero-order chi connectivity index (χ0) is 16.2. The van der Waals surface area contributed by atoms with E-state index in [4.69, 9.17) is 0 Å². The minimum absolute atomic E-state index is 0.101. The number of piperidine rings is 1. The molecule has 2 fully saturated rings. The summed E-state index contributed by atoms with van der Waals surface area (Å²) in [5, 5.41) is 13.2. The first-order chi connectivity index (χ1) is 11.1. The highest BCUT2D eigenvalue weighted by atomic mass is 16.3. The summed E-state index contributed by atoms with van der Waals surface area (Å²) in [7, 11) is 0. The Kier molecular flexibility index (Phi) is 5.34. The lowest BCUT2D eigenvalue weighted by molar-refractivity contribution is -0.130. The third-order valence-corrected chi connectivity index (χ3v) is 5.52. The Hall–Kier alpha value is -1.39. The van der Waals surface area contributed by atoms with Crippen LogP contribution in [0.1, 0.15) is 50.7 Å². The molecule has 0 aromatic heterocycles. The van der Waals surface area contributed by atoms with Crippen molar-refractivity contribution in [3.63, 3.8) is 0 Å². The zero-order valence-corrected chi connectivity index (χ0v) is 13.9. The Balaban J connectivity index is 1.53. The molecule has 0 bridgehead atoms. The molecule has 1 aromatic carbocycles.